The van der Waals surface area contributed by atoms with Gasteiger partial charge in [-0.1, -0.05) is 5.16 Å². The SMILES string of the molecule is CC(=O)OCC1=C(C(=O)O)N2C(=O)C(NC(=O)/C(=N\O)c3ccn[nH]3)[C@H]2SC1. The fourth-order valence-corrected chi connectivity index (χ4v) is 4.13. The number of carbonyl (C=O) groups is 4. The molecular formula is C15H15N5O7S. The third-order valence-corrected chi connectivity index (χ3v) is 5.40. The minimum atomic E-state index is -1.33. The predicted molar refractivity (Wildman–Crippen MR) is 93.2 cm³/mol. The fraction of sp³-hybridized carbons (Fsp3) is 0.333. The normalized spacial score (nSPS) is 21.7. The van der Waals surface area contributed by atoms with Crippen molar-refractivity contribution in [1.82, 2.24) is 20.4 Å². The van der Waals surface area contributed by atoms with Gasteiger partial charge < -0.3 is 20.4 Å². The Bertz CT molecular complexity index is 895. The number of nitrogens with zero attached hydrogens (tertiary/aromatic N) is 3. The summed E-state index contributed by atoms with van der Waals surface area (Å²) in [5.41, 5.74) is -0.189. The number of aliphatic carboxylic acids is 1. The van der Waals surface area contributed by atoms with E-state index in [1.54, 1.807) is 0 Å². The number of thioether (sulfide) groups is 1. The van der Waals surface area contributed by atoms with Crippen LogP contribution in [0.3, 0.4) is 0 Å². The second-order valence-corrected chi connectivity index (χ2v) is 6.92. The van der Waals surface area contributed by atoms with E-state index in [0.717, 1.165) is 4.90 Å². The fourth-order valence-electron chi connectivity index (χ4n) is 2.80. The summed E-state index contributed by atoms with van der Waals surface area (Å²) in [7, 11) is 0. The van der Waals surface area contributed by atoms with Crippen LogP contribution in [-0.2, 0) is 23.9 Å². The number of rotatable bonds is 6. The Morgan fingerprint density at radius 1 is 1.50 bits per heavy atom. The monoisotopic (exact) mass is 409 g/mol. The van der Waals surface area contributed by atoms with E-state index >= 15 is 0 Å². The molecule has 0 saturated carbocycles. The molecule has 1 unspecified atom stereocenters. The molecule has 0 radical (unpaired) electrons. The highest BCUT2D eigenvalue weighted by atomic mass is 32.2. The highest BCUT2D eigenvalue weighted by Gasteiger charge is 2.54. The molecule has 12 nitrogen and oxygen atoms in total. The molecule has 0 aliphatic carbocycles. The number of oxime groups is 1. The van der Waals surface area contributed by atoms with E-state index in [4.69, 9.17) is 9.94 Å². The molecule has 0 spiro atoms. The summed E-state index contributed by atoms with van der Waals surface area (Å²) >= 11 is 1.22. The van der Waals surface area contributed by atoms with Gasteiger partial charge in [0.15, 0.2) is 5.71 Å². The van der Waals surface area contributed by atoms with Gasteiger partial charge in [0.1, 0.15) is 23.7 Å². The van der Waals surface area contributed by atoms with Crippen LogP contribution in [0.25, 0.3) is 0 Å². The first kappa shape index (κ1) is 19.4. The zero-order valence-electron chi connectivity index (χ0n) is 14.4. The minimum Gasteiger partial charge on any atom is -0.477 e. The maximum atomic E-state index is 12.5. The van der Waals surface area contributed by atoms with Gasteiger partial charge in [0.05, 0.1) is 5.69 Å². The Labute approximate surface area is 161 Å². The van der Waals surface area contributed by atoms with E-state index in [2.05, 4.69) is 20.7 Å². The summed E-state index contributed by atoms with van der Waals surface area (Å²) in [5.74, 6) is -3.15. The van der Waals surface area contributed by atoms with E-state index in [0.29, 0.717) is 0 Å². The molecular weight excluding hydrogens is 394 g/mol. The Morgan fingerprint density at radius 2 is 2.25 bits per heavy atom. The first-order valence-corrected chi connectivity index (χ1v) is 8.96. The number of amides is 2. The summed E-state index contributed by atoms with van der Waals surface area (Å²) in [6.45, 7) is 0.957. The first-order chi connectivity index (χ1) is 13.3. The summed E-state index contributed by atoms with van der Waals surface area (Å²) in [5, 5.41) is 29.4. The number of nitrogens with one attached hydrogen (secondary N) is 2. The Hall–Kier alpha value is -3.35. The number of aromatic amines is 1. The molecule has 148 valence electrons. The number of esters is 1. The summed E-state index contributed by atoms with van der Waals surface area (Å²) in [6, 6.07) is 0.410. The second kappa shape index (κ2) is 7.72. The minimum absolute atomic E-state index is 0.148. The highest BCUT2D eigenvalue weighted by Crippen LogP contribution is 2.40. The van der Waals surface area contributed by atoms with Gasteiger partial charge in [0.25, 0.3) is 11.8 Å². The molecule has 2 aliphatic rings. The molecule has 28 heavy (non-hydrogen) atoms. The van der Waals surface area contributed by atoms with Crippen molar-refractivity contribution in [3.63, 3.8) is 0 Å². The average molecular weight is 409 g/mol. The van der Waals surface area contributed by atoms with Gasteiger partial charge in [-0.05, 0) is 6.07 Å². The standard InChI is InChI=1S/C15H15N5O7S/c1-6(21)27-4-7-5-28-14-10(13(23)20(14)11(7)15(24)25)17-12(22)9(19-26)8-2-3-16-18-8/h2-3,10,14,26H,4-5H2,1H3,(H,16,18)(H,17,22)(H,24,25)/b19-9-/t10?,14-/m1/s1. The zero-order chi connectivity index (χ0) is 20.4. The van der Waals surface area contributed by atoms with Gasteiger partial charge >= 0.3 is 11.9 Å². The predicted octanol–water partition coefficient (Wildman–Crippen LogP) is -1.11. The molecule has 1 fully saturated rings. The number of hydrogen-bond acceptors (Lipinski definition) is 9. The molecule has 0 bridgehead atoms. The number of fused-ring (bicyclic) bond motifs is 1. The van der Waals surface area contributed by atoms with Crippen LogP contribution in [0.2, 0.25) is 0 Å². The Morgan fingerprint density at radius 3 is 2.82 bits per heavy atom. The van der Waals surface area contributed by atoms with Crippen LogP contribution in [0.15, 0.2) is 28.7 Å². The van der Waals surface area contributed by atoms with E-state index in [1.807, 2.05) is 0 Å². The topological polar surface area (TPSA) is 174 Å². The van der Waals surface area contributed by atoms with Gasteiger partial charge in [0, 0.05) is 24.4 Å². The van der Waals surface area contributed by atoms with E-state index in [1.165, 1.54) is 30.9 Å². The maximum Gasteiger partial charge on any atom is 0.352 e. The van der Waals surface area contributed by atoms with Crippen molar-refractivity contribution >= 4 is 41.2 Å². The lowest BCUT2D eigenvalue weighted by Crippen LogP contribution is -2.71. The van der Waals surface area contributed by atoms with Crippen molar-refractivity contribution < 1.29 is 34.2 Å². The average Bonchev–Trinajstić information content (AvgIpc) is 3.18. The van der Waals surface area contributed by atoms with Crippen LogP contribution in [-0.4, -0.2) is 78.7 Å². The molecule has 4 N–H and O–H groups in total. The van der Waals surface area contributed by atoms with E-state index in [9.17, 15) is 24.3 Å². The van der Waals surface area contributed by atoms with Gasteiger partial charge in [0.2, 0.25) is 0 Å². The van der Waals surface area contributed by atoms with Crippen LogP contribution in [0.4, 0.5) is 0 Å². The number of carbonyl (C=O) groups excluding carboxylic acids is 3. The molecule has 1 aromatic rings. The number of H-pyrrole nitrogens is 1. The van der Waals surface area contributed by atoms with Crippen molar-refractivity contribution in [3.8, 4) is 0 Å². The Balaban J connectivity index is 1.76. The lowest BCUT2D eigenvalue weighted by molar-refractivity contribution is -0.150. The van der Waals surface area contributed by atoms with Crippen molar-refractivity contribution in [3.05, 3.63) is 29.2 Å². The van der Waals surface area contributed by atoms with Crippen LogP contribution in [0.5, 0.6) is 0 Å². The number of hydrogen-bond donors (Lipinski definition) is 4. The van der Waals surface area contributed by atoms with Crippen LogP contribution in [0, 0.1) is 0 Å². The van der Waals surface area contributed by atoms with Crippen LogP contribution in [0.1, 0.15) is 12.6 Å². The lowest BCUT2D eigenvalue weighted by atomic mass is 10.0. The quantitative estimate of drug-likeness (QED) is 0.149. The van der Waals surface area contributed by atoms with E-state index < -0.39 is 35.2 Å². The van der Waals surface area contributed by atoms with Gasteiger partial charge in [-0.25, -0.2) is 4.79 Å². The lowest BCUT2D eigenvalue weighted by Gasteiger charge is -2.49. The number of β-lactam (4-membered cyclic amide) rings is 1. The number of carboxylic acids is 1. The molecule has 2 atom stereocenters. The van der Waals surface area contributed by atoms with Crippen molar-refractivity contribution in [2.75, 3.05) is 12.4 Å². The molecule has 3 heterocycles. The molecule has 1 saturated heterocycles. The van der Waals surface area contributed by atoms with Gasteiger partial charge in [-0.2, -0.15) is 5.10 Å². The maximum absolute atomic E-state index is 12.5. The third kappa shape index (κ3) is 3.43. The number of ether oxygens (including phenoxy) is 1. The number of aromatic nitrogens is 2. The summed E-state index contributed by atoms with van der Waals surface area (Å²) < 4.78 is 4.85. The zero-order valence-corrected chi connectivity index (χ0v) is 15.2. The van der Waals surface area contributed by atoms with Crippen molar-refractivity contribution in [2.45, 2.75) is 18.3 Å². The van der Waals surface area contributed by atoms with Crippen molar-refractivity contribution in [1.29, 1.82) is 0 Å². The molecule has 2 aliphatic heterocycles. The molecule has 3 rings (SSSR count). The molecule has 2 amide bonds. The molecule has 13 heteroatoms. The summed E-state index contributed by atoms with van der Waals surface area (Å²) in [4.78, 5) is 48.5. The summed E-state index contributed by atoms with van der Waals surface area (Å²) in [6.07, 6.45) is 1.36. The smallest absolute Gasteiger partial charge is 0.352 e. The van der Waals surface area contributed by atoms with Gasteiger partial charge in [-0.15, -0.1) is 11.8 Å². The first-order valence-electron chi connectivity index (χ1n) is 7.91. The van der Waals surface area contributed by atoms with Crippen LogP contribution >= 0.6 is 11.8 Å². The van der Waals surface area contributed by atoms with Crippen molar-refractivity contribution in [2.24, 2.45) is 5.16 Å². The largest absolute Gasteiger partial charge is 0.477 e. The highest BCUT2D eigenvalue weighted by molar-refractivity contribution is 8.00. The van der Waals surface area contributed by atoms with E-state index in [-0.39, 0.29) is 35.0 Å². The molecule has 1 aromatic heterocycles. The van der Waals surface area contributed by atoms with Gasteiger partial charge in [-0.3, -0.25) is 24.4 Å². The second-order valence-electron chi connectivity index (χ2n) is 5.82. The molecule has 0 aromatic carbocycles. The third-order valence-electron chi connectivity index (χ3n) is 4.06. The Kier molecular flexibility index (Phi) is 5.35. The van der Waals surface area contributed by atoms with Crippen LogP contribution < -0.4 is 5.32 Å². The number of carboxylic acid groups (broad SMARTS) is 1.